The number of hydrogen-bond donors (Lipinski definition) is 1. The average molecular weight is 524 g/mol. The highest BCUT2D eigenvalue weighted by Gasteiger charge is 2.51. The van der Waals surface area contributed by atoms with Crippen LogP contribution in [0.2, 0.25) is 0 Å². The standard InChI is InChI=1S/C34H37NO4/c1-4-38-32(36)24-15-13-23(14-16-24)20-34(28-18-25-9-5-6-10-26(25)19-28)21-27-11-7-8-12-29(27)31(34)39-33(37)30(35)17-22(2)3/h5-16,18,22,30-31H,4,17,19-21,35H2,1-3H3/t30-,31-,34+/m0/s1. The van der Waals surface area contributed by atoms with Crippen molar-refractivity contribution < 1.29 is 19.1 Å². The number of esters is 2. The Bertz CT molecular complexity index is 1390. The molecule has 3 atom stereocenters. The number of benzene rings is 3. The molecule has 0 amide bonds. The van der Waals surface area contributed by atoms with Gasteiger partial charge in [-0.15, -0.1) is 0 Å². The molecule has 0 aliphatic heterocycles. The number of carbonyl (C=O) groups is 2. The molecular formula is C34H37NO4. The van der Waals surface area contributed by atoms with Crippen LogP contribution in [0.15, 0.2) is 78.4 Å². The number of hydrogen-bond acceptors (Lipinski definition) is 5. The van der Waals surface area contributed by atoms with Gasteiger partial charge in [-0.25, -0.2) is 4.79 Å². The summed E-state index contributed by atoms with van der Waals surface area (Å²) in [7, 11) is 0. The Morgan fingerprint density at radius 3 is 2.36 bits per heavy atom. The maximum atomic E-state index is 13.4. The molecule has 0 radical (unpaired) electrons. The molecule has 5 heteroatoms. The van der Waals surface area contributed by atoms with Crippen LogP contribution in [0.5, 0.6) is 0 Å². The summed E-state index contributed by atoms with van der Waals surface area (Å²) in [4.78, 5) is 25.6. The van der Waals surface area contributed by atoms with Gasteiger partial charge < -0.3 is 15.2 Å². The van der Waals surface area contributed by atoms with E-state index < -0.39 is 17.6 Å². The highest BCUT2D eigenvalue weighted by atomic mass is 16.5. The molecule has 0 fully saturated rings. The van der Waals surface area contributed by atoms with Crippen molar-refractivity contribution in [2.45, 2.75) is 58.6 Å². The molecule has 5 rings (SSSR count). The van der Waals surface area contributed by atoms with Crippen molar-refractivity contribution in [1.82, 2.24) is 0 Å². The van der Waals surface area contributed by atoms with E-state index in [4.69, 9.17) is 15.2 Å². The summed E-state index contributed by atoms with van der Waals surface area (Å²) in [6, 6.07) is 23.7. The fraction of sp³-hybridized carbons (Fsp3) is 0.353. The van der Waals surface area contributed by atoms with Gasteiger partial charge in [-0.3, -0.25) is 4.79 Å². The van der Waals surface area contributed by atoms with Crippen LogP contribution < -0.4 is 5.73 Å². The minimum atomic E-state index is -0.672. The van der Waals surface area contributed by atoms with E-state index >= 15 is 0 Å². The van der Waals surface area contributed by atoms with E-state index in [0.29, 0.717) is 25.0 Å². The van der Waals surface area contributed by atoms with E-state index in [2.05, 4.69) is 56.3 Å². The first kappa shape index (κ1) is 26.9. The Kier molecular flexibility index (Phi) is 7.72. The van der Waals surface area contributed by atoms with E-state index in [0.717, 1.165) is 24.0 Å². The Hall–Kier alpha value is -3.70. The van der Waals surface area contributed by atoms with Crippen LogP contribution in [-0.2, 0) is 33.5 Å². The van der Waals surface area contributed by atoms with Crippen molar-refractivity contribution in [2.24, 2.45) is 17.1 Å². The summed E-state index contributed by atoms with van der Waals surface area (Å²) in [5, 5.41) is 0. The Labute approximate surface area is 231 Å². The van der Waals surface area contributed by atoms with Gasteiger partial charge in [0, 0.05) is 5.41 Å². The molecule has 2 aliphatic carbocycles. The van der Waals surface area contributed by atoms with Gasteiger partial charge >= 0.3 is 11.9 Å². The second kappa shape index (κ2) is 11.2. The molecule has 39 heavy (non-hydrogen) atoms. The summed E-state index contributed by atoms with van der Waals surface area (Å²) in [6.07, 6.45) is 4.59. The van der Waals surface area contributed by atoms with Crippen molar-refractivity contribution in [2.75, 3.05) is 6.61 Å². The molecule has 0 bridgehead atoms. The quantitative estimate of drug-likeness (QED) is 0.336. The SMILES string of the molecule is CCOC(=O)c1ccc(C[C@]2(C3=Cc4ccccc4C3)Cc3ccccc3[C@@H]2OC(=O)[C@@H](N)CC(C)C)cc1. The van der Waals surface area contributed by atoms with Crippen LogP contribution in [0.4, 0.5) is 0 Å². The van der Waals surface area contributed by atoms with E-state index in [1.807, 2.05) is 36.4 Å². The lowest BCUT2D eigenvalue weighted by molar-refractivity contribution is -0.156. The highest BCUT2D eigenvalue weighted by molar-refractivity contribution is 5.89. The van der Waals surface area contributed by atoms with E-state index in [1.54, 1.807) is 6.92 Å². The molecule has 0 spiro atoms. The zero-order chi connectivity index (χ0) is 27.6. The fourth-order valence-corrected chi connectivity index (χ4v) is 6.15. The molecule has 0 heterocycles. The van der Waals surface area contributed by atoms with E-state index in [1.165, 1.54) is 22.3 Å². The first-order valence-corrected chi connectivity index (χ1v) is 13.9. The Balaban J connectivity index is 1.56. The van der Waals surface area contributed by atoms with Crippen LogP contribution >= 0.6 is 0 Å². The summed E-state index contributed by atoms with van der Waals surface area (Å²) in [5.74, 6) is -0.395. The first-order chi connectivity index (χ1) is 18.8. The number of rotatable bonds is 9. The number of nitrogens with two attached hydrogens (primary N) is 1. The van der Waals surface area contributed by atoms with Gasteiger partial charge in [-0.05, 0) is 78.5 Å². The molecule has 0 aromatic heterocycles. The Morgan fingerprint density at radius 1 is 0.974 bits per heavy atom. The third kappa shape index (κ3) is 5.41. The predicted molar refractivity (Wildman–Crippen MR) is 153 cm³/mol. The first-order valence-electron chi connectivity index (χ1n) is 13.9. The lowest BCUT2D eigenvalue weighted by Gasteiger charge is -2.38. The van der Waals surface area contributed by atoms with Crippen LogP contribution in [0.25, 0.3) is 6.08 Å². The molecule has 0 saturated carbocycles. The van der Waals surface area contributed by atoms with Crippen molar-refractivity contribution >= 4 is 18.0 Å². The third-order valence-electron chi connectivity index (χ3n) is 8.00. The zero-order valence-electron chi connectivity index (χ0n) is 23.0. The average Bonchev–Trinajstić information content (AvgIpc) is 3.49. The van der Waals surface area contributed by atoms with Crippen molar-refractivity contribution in [1.29, 1.82) is 0 Å². The molecule has 5 nitrogen and oxygen atoms in total. The maximum absolute atomic E-state index is 13.4. The smallest absolute Gasteiger partial charge is 0.338 e. The van der Waals surface area contributed by atoms with E-state index in [9.17, 15) is 9.59 Å². The van der Waals surface area contributed by atoms with Crippen LogP contribution in [0, 0.1) is 11.3 Å². The fourth-order valence-electron chi connectivity index (χ4n) is 6.15. The topological polar surface area (TPSA) is 78.6 Å². The predicted octanol–water partition coefficient (Wildman–Crippen LogP) is 6.25. The normalized spacial score (nSPS) is 20.2. The van der Waals surface area contributed by atoms with Crippen LogP contribution in [0.3, 0.4) is 0 Å². The molecule has 3 aromatic carbocycles. The van der Waals surface area contributed by atoms with Crippen LogP contribution in [-0.4, -0.2) is 24.6 Å². The maximum Gasteiger partial charge on any atom is 0.338 e. The molecule has 0 saturated heterocycles. The molecule has 3 aromatic rings. The molecule has 2 aliphatic rings. The van der Waals surface area contributed by atoms with Crippen molar-refractivity contribution in [3.8, 4) is 0 Å². The van der Waals surface area contributed by atoms with Gasteiger partial charge in [0.25, 0.3) is 0 Å². The summed E-state index contributed by atoms with van der Waals surface area (Å²) >= 11 is 0. The minimum absolute atomic E-state index is 0.290. The van der Waals surface area contributed by atoms with Crippen molar-refractivity contribution in [3.63, 3.8) is 0 Å². The van der Waals surface area contributed by atoms with Gasteiger partial charge in [0.1, 0.15) is 12.1 Å². The minimum Gasteiger partial charge on any atom is -0.462 e. The number of fused-ring (bicyclic) bond motifs is 2. The molecule has 202 valence electrons. The molecule has 0 unspecified atom stereocenters. The third-order valence-corrected chi connectivity index (χ3v) is 8.00. The van der Waals surface area contributed by atoms with Gasteiger partial charge in [0.15, 0.2) is 0 Å². The van der Waals surface area contributed by atoms with Gasteiger partial charge in [-0.1, -0.05) is 86.2 Å². The molecular weight excluding hydrogens is 486 g/mol. The lowest BCUT2D eigenvalue weighted by Crippen LogP contribution is -2.39. The summed E-state index contributed by atoms with van der Waals surface area (Å²) < 4.78 is 11.6. The monoisotopic (exact) mass is 523 g/mol. The molecule has 2 N–H and O–H groups in total. The zero-order valence-corrected chi connectivity index (χ0v) is 23.0. The largest absolute Gasteiger partial charge is 0.462 e. The summed E-state index contributed by atoms with van der Waals surface area (Å²) in [6.45, 7) is 6.25. The lowest BCUT2D eigenvalue weighted by atomic mass is 9.70. The van der Waals surface area contributed by atoms with E-state index in [-0.39, 0.29) is 17.9 Å². The highest BCUT2D eigenvalue weighted by Crippen LogP contribution is 2.56. The van der Waals surface area contributed by atoms with Crippen molar-refractivity contribution in [3.05, 3.63) is 112 Å². The van der Waals surface area contributed by atoms with Gasteiger partial charge in [-0.2, -0.15) is 0 Å². The van der Waals surface area contributed by atoms with Gasteiger partial charge in [0.05, 0.1) is 12.2 Å². The number of ether oxygens (including phenoxy) is 2. The second-order valence-corrected chi connectivity index (χ2v) is 11.2. The number of carbonyl (C=O) groups excluding carboxylic acids is 2. The van der Waals surface area contributed by atoms with Crippen LogP contribution in [0.1, 0.15) is 71.5 Å². The summed E-state index contributed by atoms with van der Waals surface area (Å²) in [5.41, 5.74) is 13.4. The van der Waals surface area contributed by atoms with Gasteiger partial charge in [0.2, 0.25) is 0 Å². The Morgan fingerprint density at radius 2 is 1.67 bits per heavy atom. The second-order valence-electron chi connectivity index (χ2n) is 11.2.